The van der Waals surface area contributed by atoms with Crippen molar-refractivity contribution in [2.75, 3.05) is 7.11 Å². The summed E-state index contributed by atoms with van der Waals surface area (Å²) in [6.45, 7) is 6.13. The maximum Gasteiger partial charge on any atom is 0.137 e. The number of nitrogens with two attached hydrogens (primary N) is 1. The summed E-state index contributed by atoms with van der Waals surface area (Å²) < 4.78 is 11.6. The normalized spacial score (nSPS) is 16.5. The van der Waals surface area contributed by atoms with Gasteiger partial charge in [-0.1, -0.05) is 25.1 Å². The van der Waals surface area contributed by atoms with Crippen LogP contribution in [0.15, 0.2) is 28.7 Å². The van der Waals surface area contributed by atoms with Crippen molar-refractivity contribution in [3.8, 4) is 0 Å². The van der Waals surface area contributed by atoms with Crippen molar-refractivity contribution in [1.82, 2.24) is 5.43 Å². The molecule has 0 bridgehead atoms. The summed E-state index contributed by atoms with van der Waals surface area (Å²) >= 11 is 0. The van der Waals surface area contributed by atoms with Crippen LogP contribution in [0.3, 0.4) is 0 Å². The minimum atomic E-state index is -0.406. The van der Waals surface area contributed by atoms with Crippen LogP contribution in [0.25, 0.3) is 11.0 Å². The summed E-state index contributed by atoms with van der Waals surface area (Å²) in [6, 6.07) is 7.94. The van der Waals surface area contributed by atoms with Gasteiger partial charge in [-0.05, 0) is 31.9 Å². The van der Waals surface area contributed by atoms with Crippen molar-refractivity contribution >= 4 is 11.0 Å². The van der Waals surface area contributed by atoms with Gasteiger partial charge in [0, 0.05) is 12.5 Å². The lowest BCUT2D eigenvalue weighted by atomic mass is 9.91. The first-order valence-corrected chi connectivity index (χ1v) is 6.56. The highest BCUT2D eigenvalue weighted by atomic mass is 16.5. The smallest absolute Gasteiger partial charge is 0.137 e. The number of hydrazine groups is 1. The Hall–Kier alpha value is -1.36. The van der Waals surface area contributed by atoms with Gasteiger partial charge in [0.05, 0.1) is 5.60 Å². The number of furan rings is 1. The minimum Gasteiger partial charge on any atom is -0.459 e. The van der Waals surface area contributed by atoms with Crippen LogP contribution in [-0.4, -0.2) is 12.7 Å². The molecule has 0 aliphatic heterocycles. The zero-order valence-electron chi connectivity index (χ0n) is 12.0. The molecular formula is C15H22N2O2. The zero-order valence-corrected chi connectivity index (χ0v) is 12.0. The van der Waals surface area contributed by atoms with E-state index >= 15 is 0 Å². The second-order valence-corrected chi connectivity index (χ2v) is 5.11. The Bertz CT molecular complexity index is 558. The fourth-order valence-corrected chi connectivity index (χ4v) is 2.40. The van der Waals surface area contributed by atoms with Crippen molar-refractivity contribution < 1.29 is 9.15 Å². The quantitative estimate of drug-likeness (QED) is 0.642. The van der Waals surface area contributed by atoms with E-state index in [1.165, 1.54) is 0 Å². The first kappa shape index (κ1) is 14.1. The minimum absolute atomic E-state index is 0.186. The van der Waals surface area contributed by atoms with Gasteiger partial charge in [0.15, 0.2) is 0 Å². The van der Waals surface area contributed by atoms with Crippen LogP contribution < -0.4 is 11.3 Å². The lowest BCUT2D eigenvalue weighted by Gasteiger charge is -2.33. The van der Waals surface area contributed by atoms with Crippen molar-refractivity contribution in [1.29, 1.82) is 0 Å². The highest BCUT2D eigenvalue weighted by molar-refractivity contribution is 5.81. The molecule has 1 aromatic heterocycles. The molecule has 0 spiro atoms. The van der Waals surface area contributed by atoms with Crippen molar-refractivity contribution in [2.24, 2.45) is 5.84 Å². The molecule has 2 aromatic rings. The van der Waals surface area contributed by atoms with E-state index < -0.39 is 5.60 Å². The summed E-state index contributed by atoms with van der Waals surface area (Å²) in [5.74, 6) is 6.52. The van der Waals surface area contributed by atoms with Gasteiger partial charge in [0.25, 0.3) is 0 Å². The maximum absolute atomic E-state index is 5.98. The fraction of sp³-hybridized carbons (Fsp3) is 0.467. The van der Waals surface area contributed by atoms with Crippen LogP contribution in [0, 0.1) is 6.92 Å². The third kappa shape index (κ3) is 2.39. The number of benzene rings is 1. The average molecular weight is 262 g/mol. The Balaban J connectivity index is 2.49. The third-order valence-corrected chi connectivity index (χ3v) is 3.99. The standard InChI is InChI=1S/C15H22N2O2/c1-5-15(3,18-4)14(17-16)12-9-11-8-6-7-10(2)13(11)19-12/h6-9,14,17H,5,16H2,1-4H3. The highest BCUT2D eigenvalue weighted by Gasteiger charge is 2.35. The molecule has 3 N–H and O–H groups in total. The molecule has 0 aliphatic carbocycles. The Morgan fingerprint density at radius 3 is 2.74 bits per heavy atom. The number of rotatable bonds is 5. The monoisotopic (exact) mass is 262 g/mol. The maximum atomic E-state index is 5.98. The van der Waals surface area contributed by atoms with Crippen LogP contribution >= 0.6 is 0 Å². The van der Waals surface area contributed by atoms with Crippen molar-refractivity contribution in [3.05, 3.63) is 35.6 Å². The fourth-order valence-electron chi connectivity index (χ4n) is 2.40. The molecular weight excluding hydrogens is 240 g/mol. The van der Waals surface area contributed by atoms with Crippen molar-refractivity contribution in [3.63, 3.8) is 0 Å². The van der Waals surface area contributed by atoms with Gasteiger partial charge in [-0.25, -0.2) is 5.43 Å². The largest absolute Gasteiger partial charge is 0.459 e. The molecule has 2 atom stereocenters. The second kappa shape index (κ2) is 5.33. The summed E-state index contributed by atoms with van der Waals surface area (Å²) in [7, 11) is 1.70. The first-order chi connectivity index (χ1) is 9.05. The molecule has 0 aliphatic rings. The lowest BCUT2D eigenvalue weighted by Crippen LogP contribution is -2.45. The highest BCUT2D eigenvalue weighted by Crippen LogP contribution is 2.34. The Morgan fingerprint density at radius 2 is 2.21 bits per heavy atom. The molecule has 19 heavy (non-hydrogen) atoms. The predicted molar refractivity (Wildman–Crippen MR) is 76.7 cm³/mol. The van der Waals surface area contributed by atoms with E-state index in [-0.39, 0.29) is 6.04 Å². The molecule has 0 fully saturated rings. The molecule has 4 nitrogen and oxygen atoms in total. The molecule has 0 saturated carbocycles. The Morgan fingerprint density at radius 1 is 1.47 bits per heavy atom. The van der Waals surface area contributed by atoms with Gasteiger partial charge in [-0.2, -0.15) is 0 Å². The molecule has 104 valence electrons. The first-order valence-electron chi connectivity index (χ1n) is 6.56. The van der Waals surface area contributed by atoms with E-state index in [1.54, 1.807) is 7.11 Å². The molecule has 1 aromatic carbocycles. The van der Waals surface area contributed by atoms with Crippen LogP contribution in [0.5, 0.6) is 0 Å². The third-order valence-electron chi connectivity index (χ3n) is 3.99. The van der Waals surface area contributed by atoms with Crippen LogP contribution in [0.1, 0.15) is 37.6 Å². The number of ether oxygens (including phenoxy) is 1. The van der Waals surface area contributed by atoms with Gasteiger partial charge in [0.1, 0.15) is 17.4 Å². The van der Waals surface area contributed by atoms with E-state index in [4.69, 9.17) is 15.0 Å². The number of para-hydroxylation sites is 1. The second-order valence-electron chi connectivity index (χ2n) is 5.11. The van der Waals surface area contributed by atoms with Crippen molar-refractivity contribution in [2.45, 2.75) is 38.8 Å². The van der Waals surface area contributed by atoms with Gasteiger partial charge in [-0.15, -0.1) is 0 Å². The number of methoxy groups -OCH3 is 1. The van der Waals surface area contributed by atoms with E-state index in [9.17, 15) is 0 Å². The van der Waals surface area contributed by atoms with E-state index in [0.717, 1.165) is 28.7 Å². The average Bonchev–Trinajstić information content (AvgIpc) is 2.84. The number of hydrogen-bond acceptors (Lipinski definition) is 4. The Labute approximate surface area is 113 Å². The topological polar surface area (TPSA) is 60.4 Å². The summed E-state index contributed by atoms with van der Waals surface area (Å²) in [5.41, 5.74) is 4.45. The predicted octanol–water partition coefficient (Wildman–Crippen LogP) is 3.06. The van der Waals surface area contributed by atoms with Crippen LogP contribution in [0.2, 0.25) is 0 Å². The van der Waals surface area contributed by atoms with Gasteiger partial charge in [-0.3, -0.25) is 5.84 Å². The molecule has 2 rings (SSSR count). The number of hydrogen-bond donors (Lipinski definition) is 2. The zero-order chi connectivity index (χ0) is 14.0. The number of fused-ring (bicyclic) bond motifs is 1. The number of aryl methyl sites for hydroxylation is 1. The van der Waals surface area contributed by atoms with E-state index in [2.05, 4.69) is 12.3 Å². The molecule has 0 saturated heterocycles. The van der Waals surface area contributed by atoms with Crippen LogP contribution in [0.4, 0.5) is 0 Å². The van der Waals surface area contributed by atoms with E-state index in [1.807, 2.05) is 38.1 Å². The number of nitrogens with one attached hydrogen (secondary N) is 1. The molecule has 2 unspecified atom stereocenters. The summed E-state index contributed by atoms with van der Waals surface area (Å²) in [6.07, 6.45) is 0.828. The molecule has 1 heterocycles. The Kier molecular flexibility index (Phi) is 3.94. The molecule has 0 amide bonds. The van der Waals surface area contributed by atoms with Crippen LogP contribution in [-0.2, 0) is 4.74 Å². The van der Waals surface area contributed by atoms with Gasteiger partial charge < -0.3 is 9.15 Å². The van der Waals surface area contributed by atoms with Gasteiger partial charge in [0.2, 0.25) is 0 Å². The summed E-state index contributed by atoms with van der Waals surface area (Å²) in [4.78, 5) is 0. The SMILES string of the molecule is CCC(C)(OC)C(NN)c1cc2cccc(C)c2o1. The molecule has 0 radical (unpaired) electrons. The van der Waals surface area contributed by atoms with Gasteiger partial charge >= 0.3 is 0 Å². The van der Waals surface area contributed by atoms with E-state index in [0.29, 0.717) is 0 Å². The molecule has 4 heteroatoms. The summed E-state index contributed by atoms with van der Waals surface area (Å²) in [5, 5.41) is 1.09. The lowest BCUT2D eigenvalue weighted by molar-refractivity contribution is -0.0350.